The normalized spacial score (nSPS) is 31.3. The molecule has 0 aromatic rings. The van der Waals surface area contributed by atoms with Crippen LogP contribution >= 0.6 is 0 Å². The van der Waals surface area contributed by atoms with Gasteiger partial charge in [0.1, 0.15) is 0 Å². The van der Waals surface area contributed by atoms with Gasteiger partial charge in [0.2, 0.25) is 0 Å². The van der Waals surface area contributed by atoms with Crippen LogP contribution in [0.2, 0.25) is 0 Å². The molecule has 120 valence electrons. The average molecular weight is 296 g/mol. The zero-order chi connectivity index (χ0) is 14.7. The van der Waals surface area contributed by atoms with Gasteiger partial charge in [0.15, 0.2) is 0 Å². The highest BCUT2D eigenvalue weighted by Crippen LogP contribution is 2.33. The standard InChI is InChI=1S/C16H28N2O3/c19-15(20)16(5-10-21-11-6-16)13-17-9-4-14(12-17)18-7-2-1-3-8-18/h14H,1-13H2,(H,19,20). The minimum atomic E-state index is -0.632. The van der Waals surface area contributed by atoms with Crippen molar-refractivity contribution in [2.24, 2.45) is 5.41 Å². The van der Waals surface area contributed by atoms with Crippen molar-refractivity contribution >= 4 is 5.97 Å². The van der Waals surface area contributed by atoms with Crippen molar-refractivity contribution in [1.82, 2.24) is 9.80 Å². The van der Waals surface area contributed by atoms with Crippen LogP contribution in [-0.2, 0) is 9.53 Å². The zero-order valence-electron chi connectivity index (χ0n) is 12.9. The summed E-state index contributed by atoms with van der Waals surface area (Å²) in [6.07, 6.45) is 6.54. The maximum atomic E-state index is 11.8. The molecular formula is C16H28N2O3. The molecule has 1 N–H and O–H groups in total. The smallest absolute Gasteiger partial charge is 0.311 e. The van der Waals surface area contributed by atoms with Crippen molar-refractivity contribution in [2.45, 2.75) is 44.6 Å². The first-order valence-corrected chi connectivity index (χ1v) is 8.47. The molecule has 5 nitrogen and oxygen atoms in total. The van der Waals surface area contributed by atoms with Crippen LogP contribution in [0.25, 0.3) is 0 Å². The predicted octanol–water partition coefficient (Wildman–Crippen LogP) is 1.43. The summed E-state index contributed by atoms with van der Waals surface area (Å²) in [6.45, 7) is 6.46. The van der Waals surface area contributed by atoms with Crippen LogP contribution in [0.4, 0.5) is 0 Å². The SMILES string of the molecule is O=C(O)C1(CN2CCC(N3CCCCC3)C2)CCOCC1. The molecular weight excluding hydrogens is 268 g/mol. The Bertz CT molecular complexity index is 363. The molecule has 0 aromatic heterocycles. The van der Waals surface area contributed by atoms with Crippen LogP contribution in [0.15, 0.2) is 0 Å². The van der Waals surface area contributed by atoms with E-state index in [-0.39, 0.29) is 0 Å². The largest absolute Gasteiger partial charge is 0.481 e. The number of nitrogens with zero attached hydrogens (tertiary/aromatic N) is 2. The Labute approximate surface area is 127 Å². The van der Waals surface area contributed by atoms with E-state index in [2.05, 4.69) is 9.80 Å². The first-order valence-electron chi connectivity index (χ1n) is 8.47. The van der Waals surface area contributed by atoms with E-state index in [0.717, 1.165) is 13.1 Å². The van der Waals surface area contributed by atoms with E-state index >= 15 is 0 Å². The monoisotopic (exact) mass is 296 g/mol. The van der Waals surface area contributed by atoms with Gasteiger partial charge in [-0.25, -0.2) is 0 Å². The van der Waals surface area contributed by atoms with Gasteiger partial charge in [-0.15, -0.1) is 0 Å². The summed E-state index contributed by atoms with van der Waals surface area (Å²) >= 11 is 0. The van der Waals surface area contributed by atoms with Crippen molar-refractivity contribution in [3.05, 3.63) is 0 Å². The zero-order valence-corrected chi connectivity index (χ0v) is 12.9. The summed E-state index contributed by atoms with van der Waals surface area (Å²) in [5.41, 5.74) is -0.574. The molecule has 1 atom stereocenters. The van der Waals surface area contributed by atoms with Crippen LogP contribution in [0.5, 0.6) is 0 Å². The van der Waals surface area contributed by atoms with Gasteiger partial charge >= 0.3 is 5.97 Å². The molecule has 21 heavy (non-hydrogen) atoms. The summed E-state index contributed by atoms with van der Waals surface area (Å²) in [7, 11) is 0. The van der Waals surface area contributed by atoms with Crippen molar-refractivity contribution in [3.63, 3.8) is 0 Å². The van der Waals surface area contributed by atoms with E-state index in [1.807, 2.05) is 0 Å². The van der Waals surface area contributed by atoms with Crippen molar-refractivity contribution in [2.75, 3.05) is 45.9 Å². The highest BCUT2D eigenvalue weighted by molar-refractivity contribution is 5.75. The molecule has 0 bridgehead atoms. The lowest BCUT2D eigenvalue weighted by Crippen LogP contribution is -2.47. The van der Waals surface area contributed by atoms with Crippen molar-refractivity contribution < 1.29 is 14.6 Å². The molecule has 3 fully saturated rings. The van der Waals surface area contributed by atoms with E-state index in [9.17, 15) is 9.90 Å². The lowest BCUT2D eigenvalue weighted by atomic mass is 9.80. The van der Waals surface area contributed by atoms with Gasteiger partial charge in [-0.2, -0.15) is 0 Å². The third-order valence-corrected chi connectivity index (χ3v) is 5.58. The predicted molar refractivity (Wildman–Crippen MR) is 80.4 cm³/mol. The Hall–Kier alpha value is -0.650. The number of carboxylic acid groups (broad SMARTS) is 1. The Morgan fingerprint density at radius 2 is 1.86 bits per heavy atom. The first-order chi connectivity index (χ1) is 10.2. The number of carbonyl (C=O) groups is 1. The Kier molecular flexibility index (Phi) is 4.82. The number of rotatable bonds is 4. The van der Waals surface area contributed by atoms with E-state index in [1.165, 1.54) is 38.8 Å². The molecule has 0 aromatic carbocycles. The first kappa shape index (κ1) is 15.3. The van der Waals surface area contributed by atoms with Gasteiger partial charge in [0.25, 0.3) is 0 Å². The number of piperidine rings is 1. The molecule has 3 heterocycles. The molecule has 0 saturated carbocycles. The Balaban J connectivity index is 1.56. The third-order valence-electron chi connectivity index (χ3n) is 5.58. The Morgan fingerprint density at radius 3 is 2.52 bits per heavy atom. The quantitative estimate of drug-likeness (QED) is 0.850. The van der Waals surface area contributed by atoms with Gasteiger partial charge in [0, 0.05) is 32.3 Å². The van der Waals surface area contributed by atoms with Gasteiger partial charge in [-0.05, 0) is 51.7 Å². The van der Waals surface area contributed by atoms with Gasteiger partial charge in [-0.3, -0.25) is 9.69 Å². The lowest BCUT2D eigenvalue weighted by molar-refractivity contribution is -0.156. The van der Waals surface area contributed by atoms with Crippen LogP contribution in [0.3, 0.4) is 0 Å². The number of likely N-dealkylation sites (tertiary alicyclic amines) is 2. The van der Waals surface area contributed by atoms with Crippen molar-refractivity contribution in [1.29, 1.82) is 0 Å². The van der Waals surface area contributed by atoms with Crippen LogP contribution in [0.1, 0.15) is 38.5 Å². The molecule has 3 rings (SSSR count). The average Bonchev–Trinajstić information content (AvgIpc) is 2.97. The molecule has 3 saturated heterocycles. The van der Waals surface area contributed by atoms with E-state index in [1.54, 1.807) is 0 Å². The van der Waals surface area contributed by atoms with Crippen LogP contribution < -0.4 is 0 Å². The van der Waals surface area contributed by atoms with Gasteiger partial charge < -0.3 is 14.7 Å². The minimum absolute atomic E-state index is 0.574. The fourth-order valence-electron chi connectivity index (χ4n) is 4.17. The van der Waals surface area contributed by atoms with E-state index in [4.69, 9.17) is 4.74 Å². The molecule has 1 unspecified atom stereocenters. The highest BCUT2D eigenvalue weighted by atomic mass is 16.5. The molecule has 0 spiro atoms. The molecule has 0 aliphatic carbocycles. The number of hydrogen-bond acceptors (Lipinski definition) is 4. The topological polar surface area (TPSA) is 53.0 Å². The molecule has 3 aliphatic heterocycles. The fourth-order valence-corrected chi connectivity index (χ4v) is 4.17. The van der Waals surface area contributed by atoms with Crippen LogP contribution in [-0.4, -0.2) is 72.9 Å². The fraction of sp³-hybridized carbons (Fsp3) is 0.938. The number of hydrogen-bond donors (Lipinski definition) is 1. The third kappa shape index (κ3) is 3.41. The molecule has 3 aliphatic rings. The summed E-state index contributed by atoms with van der Waals surface area (Å²) in [5.74, 6) is -0.632. The highest BCUT2D eigenvalue weighted by Gasteiger charge is 2.43. The van der Waals surface area contributed by atoms with Gasteiger partial charge in [-0.1, -0.05) is 6.42 Å². The molecule has 0 radical (unpaired) electrons. The summed E-state index contributed by atoms with van der Waals surface area (Å²) < 4.78 is 5.37. The second kappa shape index (κ2) is 6.63. The number of carboxylic acids is 1. The summed E-state index contributed by atoms with van der Waals surface area (Å²) in [6, 6.07) is 0.649. The second-order valence-corrected chi connectivity index (χ2v) is 6.97. The van der Waals surface area contributed by atoms with Crippen molar-refractivity contribution in [3.8, 4) is 0 Å². The Morgan fingerprint density at radius 1 is 1.14 bits per heavy atom. The van der Waals surface area contributed by atoms with E-state index in [0.29, 0.717) is 38.6 Å². The summed E-state index contributed by atoms with van der Waals surface area (Å²) in [5, 5.41) is 9.67. The lowest BCUT2D eigenvalue weighted by Gasteiger charge is -2.37. The number of aliphatic carboxylic acids is 1. The van der Waals surface area contributed by atoms with Crippen LogP contribution in [0, 0.1) is 5.41 Å². The maximum absolute atomic E-state index is 11.8. The minimum Gasteiger partial charge on any atom is -0.481 e. The number of ether oxygens (including phenoxy) is 1. The molecule has 5 heteroatoms. The van der Waals surface area contributed by atoms with Gasteiger partial charge in [0.05, 0.1) is 5.41 Å². The summed E-state index contributed by atoms with van der Waals surface area (Å²) in [4.78, 5) is 16.8. The molecule has 0 amide bonds. The maximum Gasteiger partial charge on any atom is 0.311 e. The second-order valence-electron chi connectivity index (χ2n) is 6.97. The van der Waals surface area contributed by atoms with E-state index < -0.39 is 11.4 Å².